The fourth-order valence-corrected chi connectivity index (χ4v) is 3.26. The molecule has 1 heterocycles. The number of benzene rings is 2. The van der Waals surface area contributed by atoms with Crippen LogP contribution < -0.4 is 10.6 Å². The highest BCUT2D eigenvalue weighted by molar-refractivity contribution is 5.97. The predicted octanol–water partition coefficient (Wildman–Crippen LogP) is 1.59. The van der Waals surface area contributed by atoms with Crippen molar-refractivity contribution in [2.24, 2.45) is 0 Å². The van der Waals surface area contributed by atoms with Crippen LogP contribution >= 0.6 is 0 Å². The van der Waals surface area contributed by atoms with Crippen LogP contribution in [0, 0.1) is 0 Å². The Morgan fingerprint density at radius 3 is 2.10 bits per heavy atom. The van der Waals surface area contributed by atoms with Gasteiger partial charge in [0.1, 0.15) is 6.04 Å². The molecule has 0 saturated carbocycles. The lowest BCUT2D eigenvalue weighted by molar-refractivity contribution is -0.134. The summed E-state index contributed by atoms with van der Waals surface area (Å²) < 4.78 is 0. The zero-order valence-electron chi connectivity index (χ0n) is 16.5. The van der Waals surface area contributed by atoms with E-state index in [-0.39, 0.29) is 24.3 Å². The van der Waals surface area contributed by atoms with Gasteiger partial charge in [-0.15, -0.1) is 0 Å². The van der Waals surface area contributed by atoms with E-state index in [9.17, 15) is 14.4 Å². The Bertz CT molecular complexity index is 834. The van der Waals surface area contributed by atoms with Gasteiger partial charge in [-0.05, 0) is 31.2 Å². The van der Waals surface area contributed by atoms with E-state index in [1.54, 1.807) is 36.1 Å². The van der Waals surface area contributed by atoms with Gasteiger partial charge < -0.3 is 15.5 Å². The van der Waals surface area contributed by atoms with Crippen LogP contribution in [-0.4, -0.2) is 66.3 Å². The average Bonchev–Trinajstić information content (AvgIpc) is 2.75. The smallest absolute Gasteiger partial charge is 0.251 e. The van der Waals surface area contributed by atoms with Crippen molar-refractivity contribution in [2.75, 3.05) is 38.0 Å². The van der Waals surface area contributed by atoms with Crippen LogP contribution in [-0.2, 0) is 9.59 Å². The lowest BCUT2D eigenvalue weighted by Crippen LogP contribution is -2.55. The quantitative estimate of drug-likeness (QED) is 0.780. The molecular formula is C22H26N4O3. The molecule has 3 rings (SSSR count). The molecule has 0 radical (unpaired) electrons. The maximum absolute atomic E-state index is 12.6. The fourth-order valence-electron chi connectivity index (χ4n) is 3.26. The van der Waals surface area contributed by atoms with Gasteiger partial charge in [0.25, 0.3) is 5.91 Å². The van der Waals surface area contributed by atoms with E-state index in [2.05, 4.69) is 10.6 Å². The minimum Gasteiger partial charge on any atom is -0.341 e. The third kappa shape index (κ3) is 5.89. The number of para-hydroxylation sites is 1. The summed E-state index contributed by atoms with van der Waals surface area (Å²) in [5, 5.41) is 5.63. The molecule has 1 fully saturated rings. The zero-order valence-corrected chi connectivity index (χ0v) is 16.5. The fraction of sp³-hybridized carbons (Fsp3) is 0.318. The van der Waals surface area contributed by atoms with Crippen molar-refractivity contribution in [2.45, 2.75) is 13.0 Å². The molecule has 1 aliphatic heterocycles. The number of rotatable bonds is 6. The number of nitrogens with one attached hydrogen (secondary N) is 2. The number of hydrogen-bond acceptors (Lipinski definition) is 4. The van der Waals surface area contributed by atoms with Crippen molar-refractivity contribution in [3.05, 3.63) is 66.2 Å². The summed E-state index contributed by atoms with van der Waals surface area (Å²) in [5.41, 5.74) is 1.30. The Hall–Kier alpha value is -3.19. The molecule has 7 heteroatoms. The average molecular weight is 394 g/mol. The first-order chi connectivity index (χ1) is 14.0. The minimum atomic E-state index is -0.601. The van der Waals surface area contributed by atoms with Gasteiger partial charge in [-0.3, -0.25) is 19.3 Å². The first-order valence-electron chi connectivity index (χ1n) is 9.75. The third-order valence-electron chi connectivity index (χ3n) is 4.86. The monoisotopic (exact) mass is 394 g/mol. The first-order valence-corrected chi connectivity index (χ1v) is 9.75. The second kappa shape index (κ2) is 9.84. The molecular weight excluding hydrogens is 368 g/mol. The van der Waals surface area contributed by atoms with Crippen LogP contribution in [0.5, 0.6) is 0 Å². The van der Waals surface area contributed by atoms with Crippen molar-refractivity contribution in [1.29, 1.82) is 0 Å². The van der Waals surface area contributed by atoms with E-state index in [0.717, 1.165) is 5.69 Å². The van der Waals surface area contributed by atoms with Gasteiger partial charge in [0, 0.05) is 37.4 Å². The minimum absolute atomic E-state index is 0.0699. The van der Waals surface area contributed by atoms with E-state index < -0.39 is 6.04 Å². The molecule has 2 aromatic rings. The summed E-state index contributed by atoms with van der Waals surface area (Å²) in [5.74, 6) is -0.440. The van der Waals surface area contributed by atoms with E-state index in [4.69, 9.17) is 0 Å². The van der Waals surface area contributed by atoms with Crippen LogP contribution in [0.1, 0.15) is 17.3 Å². The second-order valence-electron chi connectivity index (χ2n) is 7.08. The molecule has 1 aliphatic rings. The summed E-state index contributed by atoms with van der Waals surface area (Å²) in [6.45, 7) is 4.28. The molecule has 1 atom stereocenters. The Labute approximate surface area is 170 Å². The highest BCUT2D eigenvalue weighted by Gasteiger charge is 2.26. The molecule has 7 nitrogen and oxygen atoms in total. The molecule has 0 bridgehead atoms. The molecule has 2 aromatic carbocycles. The Morgan fingerprint density at radius 2 is 1.48 bits per heavy atom. The first kappa shape index (κ1) is 20.5. The Balaban J connectivity index is 1.43. The third-order valence-corrected chi connectivity index (χ3v) is 4.86. The highest BCUT2D eigenvalue weighted by atomic mass is 16.2. The highest BCUT2D eigenvalue weighted by Crippen LogP contribution is 2.08. The van der Waals surface area contributed by atoms with Gasteiger partial charge in [0.2, 0.25) is 11.8 Å². The van der Waals surface area contributed by atoms with Crippen molar-refractivity contribution in [1.82, 2.24) is 15.1 Å². The summed E-state index contributed by atoms with van der Waals surface area (Å²) in [4.78, 5) is 40.8. The van der Waals surface area contributed by atoms with Crippen LogP contribution in [0.2, 0.25) is 0 Å². The maximum atomic E-state index is 12.6. The number of carbonyl (C=O) groups excluding carboxylic acids is 3. The molecule has 3 amide bonds. The largest absolute Gasteiger partial charge is 0.341 e. The summed E-state index contributed by atoms with van der Waals surface area (Å²) in [6, 6.07) is 17.6. The van der Waals surface area contributed by atoms with Gasteiger partial charge in [-0.25, -0.2) is 0 Å². The number of piperazine rings is 1. The number of anilines is 1. The summed E-state index contributed by atoms with van der Waals surface area (Å²) in [7, 11) is 0. The van der Waals surface area contributed by atoms with E-state index >= 15 is 0 Å². The molecule has 1 unspecified atom stereocenters. The van der Waals surface area contributed by atoms with Crippen molar-refractivity contribution < 1.29 is 14.4 Å². The van der Waals surface area contributed by atoms with Crippen molar-refractivity contribution >= 4 is 23.4 Å². The van der Waals surface area contributed by atoms with Crippen LogP contribution in [0.4, 0.5) is 5.69 Å². The van der Waals surface area contributed by atoms with Crippen molar-refractivity contribution in [3.63, 3.8) is 0 Å². The standard InChI is InChI=1S/C22H26N4O3/c1-17(23-21(28)18-8-4-2-5-9-18)22(29)26-14-12-25(13-15-26)16-20(27)24-19-10-6-3-7-11-19/h2-11,17H,12-16H2,1H3,(H,23,28)(H,24,27). The van der Waals surface area contributed by atoms with Gasteiger partial charge in [0.05, 0.1) is 6.54 Å². The summed E-state index contributed by atoms with van der Waals surface area (Å²) in [6.07, 6.45) is 0. The molecule has 0 aromatic heterocycles. The predicted molar refractivity (Wildman–Crippen MR) is 111 cm³/mol. The van der Waals surface area contributed by atoms with Gasteiger partial charge in [0.15, 0.2) is 0 Å². The number of carbonyl (C=O) groups is 3. The van der Waals surface area contributed by atoms with E-state index in [1.807, 2.05) is 41.3 Å². The van der Waals surface area contributed by atoms with Gasteiger partial charge in [-0.2, -0.15) is 0 Å². The molecule has 152 valence electrons. The molecule has 29 heavy (non-hydrogen) atoms. The summed E-state index contributed by atoms with van der Waals surface area (Å²) >= 11 is 0. The second-order valence-corrected chi connectivity index (χ2v) is 7.08. The topological polar surface area (TPSA) is 81.8 Å². The molecule has 0 aliphatic carbocycles. The van der Waals surface area contributed by atoms with Crippen LogP contribution in [0.25, 0.3) is 0 Å². The number of hydrogen-bond donors (Lipinski definition) is 2. The van der Waals surface area contributed by atoms with Gasteiger partial charge >= 0.3 is 0 Å². The lowest BCUT2D eigenvalue weighted by Gasteiger charge is -2.35. The van der Waals surface area contributed by atoms with Gasteiger partial charge in [-0.1, -0.05) is 36.4 Å². The Morgan fingerprint density at radius 1 is 0.897 bits per heavy atom. The normalized spacial score (nSPS) is 15.4. The SMILES string of the molecule is CC(NC(=O)c1ccccc1)C(=O)N1CCN(CC(=O)Nc2ccccc2)CC1. The molecule has 2 N–H and O–H groups in total. The maximum Gasteiger partial charge on any atom is 0.251 e. The number of nitrogens with zero attached hydrogens (tertiary/aromatic N) is 2. The zero-order chi connectivity index (χ0) is 20.6. The van der Waals surface area contributed by atoms with Crippen LogP contribution in [0.3, 0.4) is 0 Å². The Kier molecular flexibility index (Phi) is 6.97. The number of amides is 3. The van der Waals surface area contributed by atoms with E-state index in [1.165, 1.54) is 0 Å². The lowest BCUT2D eigenvalue weighted by atomic mass is 10.2. The molecule has 0 spiro atoms. The van der Waals surface area contributed by atoms with Crippen LogP contribution in [0.15, 0.2) is 60.7 Å². The van der Waals surface area contributed by atoms with E-state index in [0.29, 0.717) is 31.7 Å². The molecule has 1 saturated heterocycles. The van der Waals surface area contributed by atoms with Crippen molar-refractivity contribution in [3.8, 4) is 0 Å².